The molecule has 0 bridgehead atoms. The predicted molar refractivity (Wildman–Crippen MR) is 226 cm³/mol. The Hall–Kier alpha value is -0.660. The molecular weight excluding hydrogens is 751 g/mol. The molecule has 0 spiro atoms. The highest BCUT2D eigenvalue weighted by Gasteiger charge is 2.51. The second-order valence-electron chi connectivity index (χ2n) is 16.6. The highest BCUT2D eigenvalue weighted by Crippen LogP contribution is 2.47. The molecule has 6 N–H and O–H groups in total. The number of esters is 1. The fourth-order valence-electron chi connectivity index (χ4n) is 7.47. The summed E-state index contributed by atoms with van der Waals surface area (Å²) in [5.74, 6) is -0.472. The van der Waals surface area contributed by atoms with Gasteiger partial charge in [-0.1, -0.05) is 194 Å². The Labute approximate surface area is 346 Å². The van der Waals surface area contributed by atoms with Gasteiger partial charge in [0.2, 0.25) is 0 Å². The standard InChI is InChI=1S/C44H87O12P/c1-3-5-7-9-11-13-14-15-16-17-18-19-20-21-22-23-24-25-27-29-31-33-38(45)55-37(35-53-34-32-30-28-26-12-10-8-6-4-2)36-54-57(51,52)56-44-42(49)40(47)39(46)41(48)43(44)50/h37,39-44,46-50H,3-36H2,1-2H3,(H,51,52). The van der Waals surface area contributed by atoms with E-state index in [1.807, 2.05) is 0 Å². The van der Waals surface area contributed by atoms with Gasteiger partial charge in [0.15, 0.2) is 0 Å². The van der Waals surface area contributed by atoms with E-state index in [4.69, 9.17) is 18.5 Å². The lowest BCUT2D eigenvalue weighted by Gasteiger charge is -2.41. The van der Waals surface area contributed by atoms with Crippen molar-refractivity contribution in [2.24, 2.45) is 0 Å². The molecule has 0 aromatic heterocycles. The molecule has 1 saturated carbocycles. The number of phosphoric ester groups is 1. The van der Waals surface area contributed by atoms with Crippen molar-refractivity contribution in [1.82, 2.24) is 0 Å². The van der Waals surface area contributed by atoms with Crippen LogP contribution in [0.3, 0.4) is 0 Å². The molecule has 340 valence electrons. The third-order valence-corrected chi connectivity index (χ3v) is 12.2. The minimum absolute atomic E-state index is 0.0691. The lowest BCUT2D eigenvalue weighted by Crippen LogP contribution is -2.64. The van der Waals surface area contributed by atoms with Crippen LogP contribution in [0, 0.1) is 0 Å². The molecule has 0 aliphatic heterocycles. The zero-order valence-electron chi connectivity index (χ0n) is 36.2. The van der Waals surface area contributed by atoms with Crippen LogP contribution in [-0.4, -0.2) is 98.9 Å². The van der Waals surface area contributed by atoms with Gasteiger partial charge in [-0.2, -0.15) is 0 Å². The van der Waals surface area contributed by atoms with E-state index in [0.29, 0.717) is 13.0 Å². The maximum Gasteiger partial charge on any atom is 0.472 e. The van der Waals surface area contributed by atoms with Crippen LogP contribution in [-0.2, 0) is 27.9 Å². The van der Waals surface area contributed by atoms with Gasteiger partial charge >= 0.3 is 13.8 Å². The molecule has 1 fully saturated rings. The average Bonchev–Trinajstić information content (AvgIpc) is 3.19. The summed E-state index contributed by atoms with van der Waals surface area (Å²) in [6.07, 6.45) is 24.8. The van der Waals surface area contributed by atoms with Crippen LogP contribution >= 0.6 is 7.82 Å². The monoisotopic (exact) mass is 839 g/mol. The summed E-state index contributed by atoms with van der Waals surface area (Å²) < 4.78 is 34.1. The molecule has 0 aromatic carbocycles. The number of aliphatic hydroxyl groups is 5. The highest BCUT2D eigenvalue weighted by molar-refractivity contribution is 7.47. The summed E-state index contributed by atoms with van der Waals surface area (Å²) in [6, 6.07) is 0. The largest absolute Gasteiger partial charge is 0.472 e. The first-order valence-corrected chi connectivity index (χ1v) is 24.9. The van der Waals surface area contributed by atoms with Gasteiger partial charge in [0.25, 0.3) is 0 Å². The Balaban J connectivity index is 2.29. The minimum Gasteiger partial charge on any atom is -0.457 e. The second-order valence-corrected chi connectivity index (χ2v) is 18.0. The van der Waals surface area contributed by atoms with E-state index >= 15 is 0 Å². The number of hydrogen-bond acceptors (Lipinski definition) is 11. The summed E-state index contributed by atoms with van der Waals surface area (Å²) in [5.41, 5.74) is 0. The molecule has 57 heavy (non-hydrogen) atoms. The Bertz CT molecular complexity index is 958. The first-order valence-electron chi connectivity index (χ1n) is 23.4. The molecule has 0 aromatic rings. The maximum atomic E-state index is 12.8. The van der Waals surface area contributed by atoms with E-state index in [9.17, 15) is 39.8 Å². The van der Waals surface area contributed by atoms with E-state index < -0.39 is 63.1 Å². The molecule has 6 unspecified atom stereocenters. The maximum absolute atomic E-state index is 12.8. The molecule has 1 aliphatic carbocycles. The summed E-state index contributed by atoms with van der Waals surface area (Å²) in [6.45, 7) is 4.27. The average molecular weight is 839 g/mol. The van der Waals surface area contributed by atoms with Gasteiger partial charge in [-0.05, 0) is 12.8 Å². The molecule has 13 heteroatoms. The number of rotatable bonds is 40. The van der Waals surface area contributed by atoms with Crippen molar-refractivity contribution in [3.8, 4) is 0 Å². The first-order chi connectivity index (χ1) is 27.5. The van der Waals surface area contributed by atoms with Crippen LogP contribution in [0.4, 0.5) is 0 Å². The van der Waals surface area contributed by atoms with E-state index in [2.05, 4.69) is 13.8 Å². The summed E-state index contributed by atoms with van der Waals surface area (Å²) in [7, 11) is -5.00. The summed E-state index contributed by atoms with van der Waals surface area (Å²) >= 11 is 0. The lowest BCUT2D eigenvalue weighted by atomic mass is 9.85. The number of phosphoric acid groups is 1. The fraction of sp³-hybridized carbons (Fsp3) is 0.977. The first kappa shape index (κ1) is 54.4. The van der Waals surface area contributed by atoms with E-state index in [-0.39, 0.29) is 13.0 Å². The summed E-state index contributed by atoms with van der Waals surface area (Å²) in [5, 5.41) is 50.1. The van der Waals surface area contributed by atoms with Crippen LogP contribution in [0.5, 0.6) is 0 Å². The predicted octanol–water partition coefficient (Wildman–Crippen LogP) is 9.37. The van der Waals surface area contributed by atoms with Crippen LogP contribution < -0.4 is 0 Å². The lowest BCUT2D eigenvalue weighted by molar-refractivity contribution is -0.220. The molecule has 0 heterocycles. The molecule has 12 nitrogen and oxygen atoms in total. The van der Waals surface area contributed by atoms with Gasteiger partial charge in [-0.15, -0.1) is 0 Å². The topological polar surface area (TPSA) is 192 Å². The number of aliphatic hydroxyl groups excluding tert-OH is 5. The van der Waals surface area contributed by atoms with Crippen molar-refractivity contribution in [3.63, 3.8) is 0 Å². The Kier molecular flexibility index (Phi) is 34.4. The number of unbranched alkanes of at least 4 members (excludes halogenated alkanes) is 28. The van der Waals surface area contributed by atoms with Gasteiger partial charge < -0.3 is 39.9 Å². The van der Waals surface area contributed by atoms with Crippen LogP contribution in [0.2, 0.25) is 0 Å². The summed E-state index contributed by atoms with van der Waals surface area (Å²) in [4.78, 5) is 23.1. The van der Waals surface area contributed by atoms with Crippen molar-refractivity contribution in [2.45, 2.75) is 256 Å². The van der Waals surface area contributed by atoms with Crippen LogP contribution in [0.15, 0.2) is 0 Å². The zero-order chi connectivity index (χ0) is 42.0. The fourth-order valence-corrected chi connectivity index (χ4v) is 8.45. The quantitative estimate of drug-likeness (QED) is 0.0195. The Morgan fingerprint density at radius 2 is 0.825 bits per heavy atom. The van der Waals surface area contributed by atoms with Crippen molar-refractivity contribution < 1.29 is 58.3 Å². The van der Waals surface area contributed by atoms with Gasteiger partial charge in [-0.25, -0.2) is 4.57 Å². The molecule has 1 aliphatic rings. The van der Waals surface area contributed by atoms with Gasteiger partial charge in [0.05, 0.1) is 13.2 Å². The number of carbonyl (C=O) groups excluding carboxylic acids is 1. The molecule has 6 atom stereocenters. The normalized spacial score (nSPS) is 22.7. The molecule has 0 amide bonds. The van der Waals surface area contributed by atoms with E-state index in [0.717, 1.165) is 38.5 Å². The van der Waals surface area contributed by atoms with Crippen molar-refractivity contribution in [2.75, 3.05) is 19.8 Å². The van der Waals surface area contributed by atoms with E-state index in [1.165, 1.54) is 148 Å². The van der Waals surface area contributed by atoms with E-state index in [1.54, 1.807) is 0 Å². The van der Waals surface area contributed by atoms with Gasteiger partial charge in [0, 0.05) is 13.0 Å². The van der Waals surface area contributed by atoms with Crippen molar-refractivity contribution in [3.05, 3.63) is 0 Å². The smallest absolute Gasteiger partial charge is 0.457 e. The number of hydrogen-bond donors (Lipinski definition) is 6. The third-order valence-electron chi connectivity index (χ3n) is 11.2. The SMILES string of the molecule is CCCCCCCCCCCCCCCCCCCCCCCC(=O)OC(COCCCCCCCCCCC)COP(=O)(O)OC1C(O)C(O)C(O)C(O)C1O. The molecule has 1 rings (SSSR count). The Morgan fingerprint density at radius 3 is 1.21 bits per heavy atom. The van der Waals surface area contributed by atoms with Crippen LogP contribution in [0.25, 0.3) is 0 Å². The zero-order valence-corrected chi connectivity index (χ0v) is 37.1. The van der Waals surface area contributed by atoms with Crippen molar-refractivity contribution >= 4 is 13.8 Å². The minimum atomic E-state index is -5.00. The molecule has 0 saturated heterocycles. The highest BCUT2D eigenvalue weighted by atomic mass is 31.2. The number of ether oxygens (including phenoxy) is 2. The van der Waals surface area contributed by atoms with Gasteiger partial charge in [-0.3, -0.25) is 13.8 Å². The third kappa shape index (κ3) is 28.5. The second kappa shape index (κ2) is 36.0. The number of carbonyl (C=O) groups is 1. The molecule has 0 radical (unpaired) electrons. The van der Waals surface area contributed by atoms with Crippen LogP contribution in [0.1, 0.15) is 213 Å². The van der Waals surface area contributed by atoms with Crippen molar-refractivity contribution in [1.29, 1.82) is 0 Å². The Morgan fingerprint density at radius 1 is 0.491 bits per heavy atom. The van der Waals surface area contributed by atoms with Gasteiger partial charge in [0.1, 0.15) is 42.7 Å². The molecular formula is C44H87O12P.